The fourth-order valence-corrected chi connectivity index (χ4v) is 5.83. The Bertz CT molecular complexity index is 1220. The summed E-state index contributed by atoms with van der Waals surface area (Å²) in [7, 11) is 0.831. The molecule has 1 amide bonds. The van der Waals surface area contributed by atoms with E-state index >= 15 is 0 Å². The van der Waals surface area contributed by atoms with Gasteiger partial charge in [-0.2, -0.15) is 0 Å². The number of nitrogens with zero attached hydrogens (tertiary/aromatic N) is 4. The minimum atomic E-state index is -3.34. The quantitative estimate of drug-likeness (QED) is 0.566. The second kappa shape index (κ2) is 10.8. The van der Waals surface area contributed by atoms with Crippen molar-refractivity contribution in [3.05, 3.63) is 70.8 Å². The monoisotopic (exact) mass is 514 g/mol. The van der Waals surface area contributed by atoms with E-state index in [1.165, 1.54) is 6.07 Å². The topological polar surface area (TPSA) is 73.8 Å². The molecule has 0 unspecified atom stereocenters. The highest BCUT2D eigenvalue weighted by Gasteiger charge is 2.35. The number of amides is 1. The summed E-state index contributed by atoms with van der Waals surface area (Å²) >= 11 is 0. The van der Waals surface area contributed by atoms with Crippen LogP contribution < -0.4 is 0 Å². The molecule has 1 fully saturated rings. The second-order valence-electron chi connectivity index (χ2n) is 10.2. The van der Waals surface area contributed by atoms with Gasteiger partial charge in [0.25, 0.3) is 0 Å². The molecule has 0 aliphatic carbocycles. The predicted molar refractivity (Wildman–Crippen MR) is 140 cm³/mol. The van der Waals surface area contributed by atoms with E-state index in [1.54, 1.807) is 11.0 Å². The number of benzene rings is 1. The highest BCUT2D eigenvalue weighted by atomic mass is 32.2. The standard InChI is InChI=1S/C27H35FN4O3S/c1-19-6-5-7-24(28)22(19)15-31-16-23(26(17-31)30(2)3)21-8-9-25(29-14-21)20-10-12-32(13-11-20)27(33)18-36(4,34)35/h5-10,14,23,26H,11-13,15-18H2,1-4H3/t23-,26+/m1/s1. The molecule has 1 aromatic carbocycles. The summed E-state index contributed by atoms with van der Waals surface area (Å²) in [5.41, 5.74) is 4.84. The molecule has 0 bridgehead atoms. The summed E-state index contributed by atoms with van der Waals surface area (Å²) in [5, 5.41) is 0. The lowest BCUT2D eigenvalue weighted by Gasteiger charge is -2.27. The van der Waals surface area contributed by atoms with Gasteiger partial charge in [0.1, 0.15) is 11.6 Å². The molecular formula is C27H35FN4O3S. The Balaban J connectivity index is 1.44. The summed E-state index contributed by atoms with van der Waals surface area (Å²) in [6, 6.07) is 9.70. The van der Waals surface area contributed by atoms with Crippen molar-refractivity contribution in [1.29, 1.82) is 0 Å². The van der Waals surface area contributed by atoms with Gasteiger partial charge >= 0.3 is 0 Å². The van der Waals surface area contributed by atoms with E-state index in [2.05, 4.69) is 30.0 Å². The number of carbonyl (C=O) groups is 1. The normalized spacial score (nSPS) is 21.2. The third-order valence-corrected chi connectivity index (χ3v) is 8.03. The number of aromatic nitrogens is 1. The lowest BCUT2D eigenvalue weighted by atomic mass is 9.94. The van der Waals surface area contributed by atoms with Crippen molar-refractivity contribution in [1.82, 2.24) is 19.7 Å². The Morgan fingerprint density at radius 3 is 2.56 bits per heavy atom. The van der Waals surface area contributed by atoms with Crippen molar-refractivity contribution in [3.63, 3.8) is 0 Å². The van der Waals surface area contributed by atoms with Crippen molar-refractivity contribution in [2.24, 2.45) is 0 Å². The van der Waals surface area contributed by atoms with Gasteiger partial charge in [-0.05, 0) is 56.3 Å². The number of pyridine rings is 1. The highest BCUT2D eigenvalue weighted by Crippen LogP contribution is 2.32. The molecule has 194 valence electrons. The maximum Gasteiger partial charge on any atom is 0.238 e. The van der Waals surface area contributed by atoms with Crippen LogP contribution in [0.5, 0.6) is 0 Å². The number of halogens is 1. The fraction of sp³-hybridized carbons (Fsp3) is 0.481. The maximum atomic E-state index is 14.4. The smallest absolute Gasteiger partial charge is 0.238 e. The zero-order valence-electron chi connectivity index (χ0n) is 21.4. The zero-order valence-corrected chi connectivity index (χ0v) is 22.3. The van der Waals surface area contributed by atoms with E-state index in [0.29, 0.717) is 32.1 Å². The molecule has 0 radical (unpaired) electrons. The Morgan fingerprint density at radius 1 is 1.19 bits per heavy atom. The summed E-state index contributed by atoms with van der Waals surface area (Å²) in [5.74, 6) is -0.700. The molecule has 0 saturated carbocycles. The van der Waals surface area contributed by atoms with Crippen LogP contribution >= 0.6 is 0 Å². The molecule has 9 heteroatoms. The summed E-state index contributed by atoms with van der Waals surface area (Å²) in [4.78, 5) is 23.1. The van der Waals surface area contributed by atoms with Crippen molar-refractivity contribution in [2.45, 2.75) is 31.8 Å². The Labute approximate surface area is 213 Å². The summed E-state index contributed by atoms with van der Waals surface area (Å²) in [6.07, 6.45) is 5.62. The average molecular weight is 515 g/mol. The van der Waals surface area contributed by atoms with Crippen molar-refractivity contribution in [3.8, 4) is 0 Å². The van der Waals surface area contributed by atoms with Crippen LogP contribution in [-0.2, 0) is 21.2 Å². The van der Waals surface area contributed by atoms with Gasteiger partial charge in [0.2, 0.25) is 5.91 Å². The number of hydrogen-bond donors (Lipinski definition) is 0. The van der Waals surface area contributed by atoms with Gasteiger partial charge in [0.15, 0.2) is 9.84 Å². The fourth-order valence-electron chi connectivity index (χ4n) is 5.19. The first-order chi connectivity index (χ1) is 17.0. The minimum Gasteiger partial charge on any atom is -0.338 e. The predicted octanol–water partition coefficient (Wildman–Crippen LogP) is 2.72. The van der Waals surface area contributed by atoms with Crippen molar-refractivity contribution < 1.29 is 17.6 Å². The third-order valence-electron chi connectivity index (χ3n) is 7.25. The molecule has 1 saturated heterocycles. The van der Waals surface area contributed by atoms with Crippen molar-refractivity contribution >= 4 is 21.3 Å². The van der Waals surface area contributed by atoms with Gasteiger partial charge in [-0.1, -0.05) is 24.3 Å². The number of likely N-dealkylation sites (N-methyl/N-ethyl adjacent to an activating group) is 1. The van der Waals surface area contributed by atoms with Crippen LogP contribution in [0.3, 0.4) is 0 Å². The minimum absolute atomic E-state index is 0.150. The second-order valence-corrected chi connectivity index (χ2v) is 12.4. The largest absolute Gasteiger partial charge is 0.338 e. The molecular weight excluding hydrogens is 479 g/mol. The SMILES string of the molecule is Cc1cccc(F)c1CN1C[C@H](c2ccc(C3=CCN(C(=O)CS(C)(=O)=O)CC3)nc2)[C@@H](N(C)C)C1. The van der Waals surface area contributed by atoms with Crippen LogP contribution in [-0.4, -0.2) is 92.3 Å². The summed E-state index contributed by atoms with van der Waals surface area (Å²) in [6.45, 7) is 5.11. The Morgan fingerprint density at radius 2 is 1.97 bits per heavy atom. The maximum absolute atomic E-state index is 14.4. The molecule has 7 nitrogen and oxygen atoms in total. The molecule has 0 N–H and O–H groups in total. The van der Waals surface area contributed by atoms with Crippen LogP contribution in [0, 0.1) is 12.7 Å². The number of carbonyl (C=O) groups excluding carboxylic acids is 1. The molecule has 2 aliphatic rings. The molecule has 0 spiro atoms. The van der Waals surface area contributed by atoms with Crippen LogP contribution in [0.25, 0.3) is 5.57 Å². The van der Waals surface area contributed by atoms with Gasteiger partial charge < -0.3 is 9.80 Å². The van der Waals surface area contributed by atoms with Crippen molar-refractivity contribution in [2.75, 3.05) is 52.3 Å². The van der Waals surface area contributed by atoms with E-state index in [4.69, 9.17) is 4.98 Å². The first-order valence-corrected chi connectivity index (χ1v) is 14.3. The molecule has 4 rings (SSSR count). The van der Waals surface area contributed by atoms with Crippen LogP contribution in [0.15, 0.2) is 42.6 Å². The molecule has 1 aromatic heterocycles. The number of likely N-dealkylation sites (tertiary alicyclic amines) is 1. The van der Waals surface area contributed by atoms with Gasteiger partial charge in [0.05, 0.1) is 5.69 Å². The molecule has 36 heavy (non-hydrogen) atoms. The number of sulfone groups is 1. The van der Waals surface area contributed by atoms with Crippen LogP contribution in [0.4, 0.5) is 4.39 Å². The molecule has 2 atom stereocenters. The first-order valence-electron chi connectivity index (χ1n) is 12.3. The molecule has 2 aliphatic heterocycles. The number of hydrogen-bond acceptors (Lipinski definition) is 6. The average Bonchev–Trinajstić information content (AvgIpc) is 3.25. The highest BCUT2D eigenvalue weighted by molar-refractivity contribution is 7.91. The Hall–Kier alpha value is -2.62. The lowest BCUT2D eigenvalue weighted by Crippen LogP contribution is -2.38. The van der Waals surface area contributed by atoms with Gasteiger partial charge in [-0.3, -0.25) is 14.7 Å². The van der Waals surface area contributed by atoms with E-state index in [-0.39, 0.29) is 17.6 Å². The van der Waals surface area contributed by atoms with E-state index < -0.39 is 15.6 Å². The van der Waals surface area contributed by atoms with Crippen LogP contribution in [0.1, 0.15) is 34.7 Å². The van der Waals surface area contributed by atoms with Gasteiger partial charge in [0, 0.05) is 62.7 Å². The van der Waals surface area contributed by atoms with E-state index in [9.17, 15) is 17.6 Å². The van der Waals surface area contributed by atoms with Gasteiger partial charge in [-0.25, -0.2) is 12.8 Å². The first kappa shape index (κ1) is 26.4. The van der Waals surface area contributed by atoms with Crippen LogP contribution in [0.2, 0.25) is 0 Å². The number of rotatable bonds is 7. The molecule has 3 heterocycles. The number of aryl methyl sites for hydroxylation is 1. The van der Waals surface area contributed by atoms with Gasteiger partial charge in [-0.15, -0.1) is 0 Å². The third kappa shape index (κ3) is 6.19. The Kier molecular flexibility index (Phi) is 7.92. The summed E-state index contributed by atoms with van der Waals surface area (Å²) < 4.78 is 37.3. The van der Waals surface area contributed by atoms with E-state index in [1.807, 2.05) is 31.3 Å². The lowest BCUT2D eigenvalue weighted by molar-refractivity contribution is -0.128. The molecule has 2 aromatic rings. The van der Waals surface area contributed by atoms with E-state index in [0.717, 1.165) is 47.3 Å². The zero-order chi connectivity index (χ0) is 26.0.